The summed E-state index contributed by atoms with van der Waals surface area (Å²) in [6.45, 7) is 3.68. The third-order valence-electron chi connectivity index (χ3n) is 4.85. The lowest BCUT2D eigenvalue weighted by molar-refractivity contribution is -0.384. The van der Waals surface area contributed by atoms with Gasteiger partial charge in [0.2, 0.25) is 11.0 Å². The Hall–Kier alpha value is -3.73. The summed E-state index contributed by atoms with van der Waals surface area (Å²) in [6, 6.07) is 10.1. The van der Waals surface area contributed by atoms with Crippen LogP contribution in [0.15, 0.2) is 48.5 Å². The molecule has 3 rings (SSSR count). The maximum absolute atomic E-state index is 13.1. The van der Waals surface area contributed by atoms with Crippen molar-refractivity contribution < 1.29 is 18.9 Å². The molecule has 2 aromatic carbocycles. The van der Waals surface area contributed by atoms with E-state index in [0.29, 0.717) is 17.0 Å². The highest BCUT2D eigenvalue weighted by Gasteiger charge is 2.27. The van der Waals surface area contributed by atoms with Crippen LogP contribution in [-0.2, 0) is 4.79 Å². The van der Waals surface area contributed by atoms with E-state index in [1.54, 1.807) is 12.1 Å². The zero-order valence-corrected chi connectivity index (χ0v) is 18.1. The van der Waals surface area contributed by atoms with Gasteiger partial charge in [0.15, 0.2) is 0 Å². The van der Waals surface area contributed by atoms with Gasteiger partial charge in [-0.05, 0) is 36.2 Å². The van der Waals surface area contributed by atoms with Crippen LogP contribution < -0.4 is 10.6 Å². The number of benzene rings is 2. The molecule has 32 heavy (non-hydrogen) atoms. The fourth-order valence-electron chi connectivity index (χ4n) is 2.85. The van der Waals surface area contributed by atoms with E-state index in [4.69, 9.17) is 0 Å². The van der Waals surface area contributed by atoms with Gasteiger partial charge in [0, 0.05) is 23.3 Å². The molecule has 0 bridgehead atoms. The summed E-state index contributed by atoms with van der Waals surface area (Å²) in [5, 5.41) is 25.0. The average molecular weight is 457 g/mol. The maximum atomic E-state index is 13.1. The predicted octanol–water partition coefficient (Wildman–Crippen LogP) is 4.04. The highest BCUT2D eigenvalue weighted by molar-refractivity contribution is 7.18. The zero-order chi connectivity index (χ0) is 23.3. The van der Waals surface area contributed by atoms with Gasteiger partial charge in [0.05, 0.1) is 4.92 Å². The van der Waals surface area contributed by atoms with Gasteiger partial charge in [0.25, 0.3) is 11.6 Å². The number of aromatic nitrogens is 2. The Morgan fingerprint density at radius 3 is 2.56 bits per heavy atom. The normalized spacial score (nSPS) is 12.6. The van der Waals surface area contributed by atoms with Gasteiger partial charge in [-0.15, -0.1) is 10.2 Å². The number of nitro groups is 1. The van der Waals surface area contributed by atoms with Gasteiger partial charge in [-0.3, -0.25) is 25.0 Å². The van der Waals surface area contributed by atoms with Crippen molar-refractivity contribution in [3.05, 3.63) is 70.0 Å². The van der Waals surface area contributed by atoms with Gasteiger partial charge < -0.3 is 5.32 Å². The Morgan fingerprint density at radius 2 is 1.91 bits per heavy atom. The molecule has 0 aliphatic rings. The topological polar surface area (TPSA) is 127 Å². The monoisotopic (exact) mass is 457 g/mol. The van der Waals surface area contributed by atoms with Crippen molar-refractivity contribution in [2.75, 3.05) is 5.32 Å². The summed E-state index contributed by atoms with van der Waals surface area (Å²) in [6.07, 6.45) is 0.601. The van der Waals surface area contributed by atoms with E-state index in [0.717, 1.165) is 17.4 Å². The highest BCUT2D eigenvalue weighted by atomic mass is 32.1. The van der Waals surface area contributed by atoms with Crippen LogP contribution in [0.2, 0.25) is 0 Å². The number of hydrogen-bond acceptors (Lipinski definition) is 7. The van der Waals surface area contributed by atoms with Crippen LogP contribution in [0.25, 0.3) is 10.6 Å². The molecule has 11 heteroatoms. The fraction of sp³-hybridized carbons (Fsp3) is 0.238. The molecule has 0 saturated carbocycles. The Bertz CT molecular complexity index is 1140. The molecule has 2 unspecified atom stereocenters. The van der Waals surface area contributed by atoms with Gasteiger partial charge in [-0.2, -0.15) is 0 Å². The molecule has 1 heterocycles. The summed E-state index contributed by atoms with van der Waals surface area (Å²) < 4.78 is 13.1. The lowest BCUT2D eigenvalue weighted by Crippen LogP contribution is -2.47. The van der Waals surface area contributed by atoms with Crippen molar-refractivity contribution in [2.45, 2.75) is 26.3 Å². The van der Waals surface area contributed by atoms with Crippen molar-refractivity contribution in [1.82, 2.24) is 15.5 Å². The molecule has 0 aliphatic carbocycles. The van der Waals surface area contributed by atoms with Crippen molar-refractivity contribution in [3.8, 4) is 10.6 Å². The molecular formula is C21H20FN5O4S. The summed E-state index contributed by atoms with van der Waals surface area (Å²) in [5.41, 5.74) is 0.515. The third kappa shape index (κ3) is 5.49. The lowest BCUT2D eigenvalue weighted by Gasteiger charge is -2.23. The Morgan fingerprint density at radius 1 is 1.19 bits per heavy atom. The highest BCUT2D eigenvalue weighted by Crippen LogP contribution is 2.27. The minimum Gasteiger partial charge on any atom is -0.340 e. The van der Waals surface area contributed by atoms with Crippen molar-refractivity contribution >= 4 is 34.0 Å². The predicted molar refractivity (Wildman–Crippen MR) is 118 cm³/mol. The quantitative estimate of drug-likeness (QED) is 0.388. The van der Waals surface area contributed by atoms with Crippen molar-refractivity contribution in [2.24, 2.45) is 5.92 Å². The van der Waals surface area contributed by atoms with Crippen molar-refractivity contribution in [3.63, 3.8) is 0 Å². The van der Waals surface area contributed by atoms with E-state index in [1.165, 1.54) is 30.3 Å². The molecule has 0 aliphatic heterocycles. The molecule has 0 radical (unpaired) electrons. The van der Waals surface area contributed by atoms with Crippen LogP contribution >= 0.6 is 11.3 Å². The SMILES string of the molecule is CCC(C)C(NC(=O)c1cccc([N+](=O)[O-])c1)C(=O)Nc1nnc(-c2ccc(F)cc2)s1. The molecule has 0 fully saturated rings. The molecule has 2 atom stereocenters. The van der Waals surface area contributed by atoms with E-state index < -0.39 is 22.8 Å². The van der Waals surface area contributed by atoms with E-state index in [-0.39, 0.29) is 28.1 Å². The number of anilines is 1. The van der Waals surface area contributed by atoms with E-state index in [9.17, 15) is 24.1 Å². The molecule has 0 saturated heterocycles. The molecule has 1 aromatic heterocycles. The number of carbonyl (C=O) groups is 2. The summed E-state index contributed by atoms with van der Waals surface area (Å²) in [7, 11) is 0. The Labute approximate surface area is 186 Å². The lowest BCUT2D eigenvalue weighted by atomic mass is 9.98. The minimum absolute atomic E-state index is 0.0785. The number of hydrogen-bond donors (Lipinski definition) is 2. The molecule has 9 nitrogen and oxygen atoms in total. The molecule has 2 amide bonds. The first-order valence-corrected chi connectivity index (χ1v) is 10.6. The minimum atomic E-state index is -0.898. The Balaban J connectivity index is 1.74. The molecule has 166 valence electrons. The first kappa shape index (κ1) is 22.9. The number of nitrogens with zero attached hydrogens (tertiary/aromatic N) is 3. The second kappa shape index (κ2) is 10.1. The largest absolute Gasteiger partial charge is 0.340 e. The Kier molecular flexibility index (Phi) is 7.21. The summed E-state index contributed by atoms with van der Waals surface area (Å²) in [5.74, 6) is -1.68. The smallest absolute Gasteiger partial charge is 0.270 e. The van der Waals surface area contributed by atoms with Gasteiger partial charge in [-0.25, -0.2) is 4.39 Å². The number of halogens is 1. The van der Waals surface area contributed by atoms with Gasteiger partial charge in [0.1, 0.15) is 16.9 Å². The zero-order valence-electron chi connectivity index (χ0n) is 17.2. The first-order chi connectivity index (χ1) is 15.3. The molecule has 0 spiro atoms. The van der Waals surface area contributed by atoms with Gasteiger partial charge in [-0.1, -0.05) is 37.7 Å². The molecule has 3 aromatic rings. The number of rotatable bonds is 8. The van der Waals surface area contributed by atoms with Crippen LogP contribution in [0.1, 0.15) is 30.6 Å². The van der Waals surface area contributed by atoms with Crippen LogP contribution in [0, 0.1) is 21.8 Å². The van der Waals surface area contributed by atoms with E-state index in [2.05, 4.69) is 20.8 Å². The standard InChI is InChI=1S/C21H20FN5O4S/c1-3-12(2)17(23-18(28)14-5-4-6-16(11-14)27(30)31)19(29)24-21-26-25-20(32-21)13-7-9-15(22)10-8-13/h4-12,17H,3H2,1-2H3,(H,23,28)(H,24,26,29). The second-order valence-corrected chi connectivity index (χ2v) is 8.03. The number of non-ortho nitro benzene ring substituents is 1. The second-order valence-electron chi connectivity index (χ2n) is 7.05. The number of carbonyl (C=O) groups excluding carboxylic acids is 2. The maximum Gasteiger partial charge on any atom is 0.270 e. The van der Waals surface area contributed by atoms with Gasteiger partial charge >= 0.3 is 0 Å². The number of nitrogens with one attached hydrogen (secondary N) is 2. The van der Waals surface area contributed by atoms with E-state index in [1.807, 2.05) is 13.8 Å². The van der Waals surface area contributed by atoms with Crippen LogP contribution in [0.5, 0.6) is 0 Å². The fourth-order valence-corrected chi connectivity index (χ4v) is 3.61. The number of nitro benzene ring substituents is 1. The van der Waals surface area contributed by atoms with Crippen LogP contribution in [-0.4, -0.2) is 33.0 Å². The first-order valence-electron chi connectivity index (χ1n) is 9.74. The van der Waals surface area contributed by atoms with E-state index >= 15 is 0 Å². The third-order valence-corrected chi connectivity index (χ3v) is 5.74. The molecule has 2 N–H and O–H groups in total. The van der Waals surface area contributed by atoms with Crippen molar-refractivity contribution in [1.29, 1.82) is 0 Å². The average Bonchev–Trinajstić information content (AvgIpc) is 3.25. The van der Waals surface area contributed by atoms with Crippen LogP contribution in [0.3, 0.4) is 0 Å². The summed E-state index contributed by atoms with van der Waals surface area (Å²) >= 11 is 1.11. The molecular weight excluding hydrogens is 437 g/mol. The van der Waals surface area contributed by atoms with Crippen LogP contribution in [0.4, 0.5) is 15.2 Å². The number of amides is 2. The summed E-state index contributed by atoms with van der Waals surface area (Å²) in [4.78, 5) is 35.9.